The van der Waals surface area contributed by atoms with Gasteiger partial charge in [0.1, 0.15) is 11.6 Å². The third kappa shape index (κ3) is 5.98. The maximum absolute atomic E-state index is 12.8. The van der Waals surface area contributed by atoms with Crippen molar-refractivity contribution in [3.63, 3.8) is 0 Å². The van der Waals surface area contributed by atoms with E-state index in [4.69, 9.17) is 0 Å². The van der Waals surface area contributed by atoms with E-state index >= 15 is 0 Å². The highest BCUT2D eigenvalue weighted by Gasteiger charge is 2.07. The minimum absolute atomic E-state index is 0.0250. The van der Waals surface area contributed by atoms with E-state index in [0.717, 1.165) is 24.0 Å². The number of nitrogens with one attached hydrogen (secondary N) is 2. The first-order valence-electron chi connectivity index (χ1n) is 7.59. The molecule has 2 rings (SSSR count). The largest absolute Gasteiger partial charge is 0.508 e. The highest BCUT2D eigenvalue weighted by molar-refractivity contribution is 5.74. The molecule has 23 heavy (non-hydrogen) atoms. The molecule has 3 N–H and O–H groups in total. The van der Waals surface area contributed by atoms with E-state index in [2.05, 4.69) is 10.6 Å². The molecule has 0 spiro atoms. The summed E-state index contributed by atoms with van der Waals surface area (Å²) in [4.78, 5) is 11.8. The summed E-state index contributed by atoms with van der Waals surface area (Å²) in [5, 5.41) is 14.9. The van der Waals surface area contributed by atoms with E-state index in [1.807, 2.05) is 19.1 Å². The van der Waals surface area contributed by atoms with Gasteiger partial charge in [-0.1, -0.05) is 24.3 Å². The van der Waals surface area contributed by atoms with E-state index < -0.39 is 0 Å². The van der Waals surface area contributed by atoms with Gasteiger partial charge in [-0.25, -0.2) is 9.18 Å². The van der Waals surface area contributed by atoms with E-state index in [-0.39, 0.29) is 23.6 Å². The van der Waals surface area contributed by atoms with Crippen molar-refractivity contribution in [2.24, 2.45) is 0 Å². The summed E-state index contributed by atoms with van der Waals surface area (Å²) < 4.78 is 12.8. The Morgan fingerprint density at radius 2 is 1.70 bits per heavy atom. The van der Waals surface area contributed by atoms with Gasteiger partial charge < -0.3 is 15.7 Å². The van der Waals surface area contributed by atoms with Crippen molar-refractivity contribution >= 4 is 6.03 Å². The number of hydrogen-bond donors (Lipinski definition) is 3. The van der Waals surface area contributed by atoms with Gasteiger partial charge in [-0.15, -0.1) is 0 Å². The van der Waals surface area contributed by atoms with Crippen LogP contribution in [0.15, 0.2) is 48.5 Å². The molecule has 2 aromatic carbocycles. The Balaban J connectivity index is 1.69. The Hall–Kier alpha value is -2.56. The van der Waals surface area contributed by atoms with Crippen LogP contribution in [0.1, 0.15) is 24.5 Å². The van der Waals surface area contributed by atoms with Gasteiger partial charge in [0.2, 0.25) is 0 Å². The summed E-state index contributed by atoms with van der Waals surface area (Å²) in [5.41, 5.74) is 1.96. The molecule has 4 nitrogen and oxygen atoms in total. The molecule has 122 valence electrons. The molecule has 0 aliphatic carbocycles. The van der Waals surface area contributed by atoms with E-state index in [0.29, 0.717) is 6.54 Å². The van der Waals surface area contributed by atoms with Crippen molar-refractivity contribution in [2.75, 3.05) is 0 Å². The fraction of sp³-hybridized carbons (Fsp3) is 0.278. The maximum Gasteiger partial charge on any atom is 0.315 e. The maximum atomic E-state index is 12.8. The Kier molecular flexibility index (Phi) is 5.97. The van der Waals surface area contributed by atoms with Gasteiger partial charge in [-0.3, -0.25) is 0 Å². The van der Waals surface area contributed by atoms with Gasteiger partial charge in [0, 0.05) is 12.6 Å². The Morgan fingerprint density at radius 3 is 2.35 bits per heavy atom. The van der Waals surface area contributed by atoms with E-state index in [9.17, 15) is 14.3 Å². The summed E-state index contributed by atoms with van der Waals surface area (Å²) in [7, 11) is 0. The zero-order valence-corrected chi connectivity index (χ0v) is 13.1. The minimum Gasteiger partial charge on any atom is -0.508 e. The van der Waals surface area contributed by atoms with Crippen LogP contribution in [0.2, 0.25) is 0 Å². The van der Waals surface area contributed by atoms with Crippen molar-refractivity contribution in [1.29, 1.82) is 0 Å². The molecule has 0 aliphatic rings. The molecule has 2 aromatic rings. The second-order valence-electron chi connectivity index (χ2n) is 5.56. The highest BCUT2D eigenvalue weighted by atomic mass is 19.1. The van der Waals surface area contributed by atoms with Crippen LogP contribution >= 0.6 is 0 Å². The van der Waals surface area contributed by atoms with Crippen LogP contribution in [0.5, 0.6) is 5.75 Å². The standard InChI is InChI=1S/C18H21FN2O2/c1-13(2-3-14-6-10-17(22)11-7-14)21-18(23)20-12-15-4-8-16(19)9-5-15/h4-11,13,22H,2-3,12H2,1H3,(H2,20,21,23)/t13-/m1/s1. The molecular formula is C18H21FN2O2. The molecule has 0 aromatic heterocycles. The molecule has 0 heterocycles. The van der Waals surface area contributed by atoms with Gasteiger partial charge in [-0.05, 0) is 55.2 Å². The quantitative estimate of drug-likeness (QED) is 0.765. The first-order valence-corrected chi connectivity index (χ1v) is 7.59. The van der Waals surface area contributed by atoms with Crippen LogP contribution in [-0.4, -0.2) is 17.2 Å². The fourth-order valence-corrected chi connectivity index (χ4v) is 2.18. The van der Waals surface area contributed by atoms with Gasteiger partial charge in [0.05, 0.1) is 0 Å². The summed E-state index contributed by atoms with van der Waals surface area (Å²) in [5.74, 6) is -0.0406. The van der Waals surface area contributed by atoms with Crippen LogP contribution in [0.4, 0.5) is 9.18 Å². The number of phenols is 1. The van der Waals surface area contributed by atoms with Crippen LogP contribution < -0.4 is 10.6 Å². The monoisotopic (exact) mass is 316 g/mol. The summed E-state index contributed by atoms with van der Waals surface area (Å²) >= 11 is 0. The number of phenolic OH excluding ortho intramolecular Hbond substituents is 1. The van der Waals surface area contributed by atoms with Gasteiger partial charge in [-0.2, -0.15) is 0 Å². The number of halogens is 1. The molecule has 1 atom stereocenters. The first-order chi connectivity index (χ1) is 11.0. The summed E-state index contributed by atoms with van der Waals surface area (Å²) in [6.07, 6.45) is 1.62. The first kappa shape index (κ1) is 16.8. The second kappa shape index (κ2) is 8.17. The predicted molar refractivity (Wildman–Crippen MR) is 87.7 cm³/mol. The van der Waals surface area contributed by atoms with Crippen molar-refractivity contribution in [3.8, 4) is 5.75 Å². The number of urea groups is 1. The van der Waals surface area contributed by atoms with Crippen LogP contribution in [-0.2, 0) is 13.0 Å². The molecular weight excluding hydrogens is 295 g/mol. The number of carbonyl (C=O) groups is 1. The molecule has 0 fully saturated rings. The van der Waals surface area contributed by atoms with Crippen molar-refractivity contribution in [1.82, 2.24) is 10.6 Å². The number of aryl methyl sites for hydroxylation is 1. The molecule has 5 heteroatoms. The minimum atomic E-state index is -0.291. The number of carbonyl (C=O) groups excluding carboxylic acids is 1. The van der Waals surface area contributed by atoms with Gasteiger partial charge in [0.15, 0.2) is 0 Å². The normalized spacial score (nSPS) is 11.7. The Bertz CT molecular complexity index is 626. The molecule has 0 saturated carbocycles. The zero-order valence-electron chi connectivity index (χ0n) is 13.1. The van der Waals surface area contributed by atoms with Crippen molar-refractivity contribution in [2.45, 2.75) is 32.4 Å². The predicted octanol–water partition coefficient (Wildman–Crippen LogP) is 3.35. The van der Waals surface area contributed by atoms with Crippen LogP contribution in [0, 0.1) is 5.82 Å². The molecule has 0 aliphatic heterocycles. The van der Waals surface area contributed by atoms with Gasteiger partial charge in [0.25, 0.3) is 0 Å². The third-order valence-corrected chi connectivity index (χ3v) is 3.55. The molecule has 2 amide bonds. The summed E-state index contributed by atoms with van der Waals surface area (Å²) in [6, 6.07) is 12.9. The smallest absolute Gasteiger partial charge is 0.315 e. The number of amides is 2. The lowest BCUT2D eigenvalue weighted by atomic mass is 10.1. The summed E-state index contributed by atoms with van der Waals surface area (Å²) in [6.45, 7) is 2.30. The van der Waals surface area contributed by atoms with E-state index in [1.165, 1.54) is 12.1 Å². The zero-order chi connectivity index (χ0) is 16.7. The SMILES string of the molecule is C[C@H](CCc1ccc(O)cc1)NC(=O)NCc1ccc(F)cc1. The number of aromatic hydroxyl groups is 1. The van der Waals surface area contributed by atoms with Crippen LogP contribution in [0.3, 0.4) is 0 Å². The second-order valence-corrected chi connectivity index (χ2v) is 5.56. The lowest BCUT2D eigenvalue weighted by Crippen LogP contribution is -2.40. The molecule has 0 radical (unpaired) electrons. The Morgan fingerprint density at radius 1 is 1.09 bits per heavy atom. The van der Waals surface area contributed by atoms with Crippen molar-refractivity contribution in [3.05, 3.63) is 65.5 Å². The Labute approximate surface area is 135 Å². The van der Waals surface area contributed by atoms with Gasteiger partial charge >= 0.3 is 6.03 Å². The highest BCUT2D eigenvalue weighted by Crippen LogP contribution is 2.11. The van der Waals surface area contributed by atoms with E-state index in [1.54, 1.807) is 24.3 Å². The van der Waals surface area contributed by atoms with Crippen molar-refractivity contribution < 1.29 is 14.3 Å². The molecule has 0 saturated heterocycles. The molecule has 0 bridgehead atoms. The third-order valence-electron chi connectivity index (χ3n) is 3.55. The molecule has 0 unspecified atom stereocenters. The lowest BCUT2D eigenvalue weighted by Gasteiger charge is -2.15. The number of hydrogen-bond acceptors (Lipinski definition) is 2. The average Bonchev–Trinajstić information content (AvgIpc) is 2.54. The fourth-order valence-electron chi connectivity index (χ4n) is 2.18. The lowest BCUT2D eigenvalue weighted by molar-refractivity contribution is 0.237. The average molecular weight is 316 g/mol. The number of benzene rings is 2. The number of rotatable bonds is 6. The van der Waals surface area contributed by atoms with Crippen LogP contribution in [0.25, 0.3) is 0 Å². The topological polar surface area (TPSA) is 61.4 Å².